The first-order valence-electron chi connectivity index (χ1n) is 6.60. The summed E-state index contributed by atoms with van der Waals surface area (Å²) in [6.07, 6.45) is -2.97. The maximum atomic E-state index is 12.8. The van der Waals surface area contributed by atoms with E-state index in [1.54, 1.807) is 0 Å². The lowest BCUT2D eigenvalue weighted by Gasteiger charge is -2.35. The van der Waals surface area contributed by atoms with Gasteiger partial charge in [-0.25, -0.2) is 0 Å². The fourth-order valence-electron chi connectivity index (χ4n) is 2.21. The van der Waals surface area contributed by atoms with Gasteiger partial charge in [0.1, 0.15) is 0 Å². The van der Waals surface area contributed by atoms with Crippen molar-refractivity contribution in [3.8, 4) is 0 Å². The molecule has 0 aliphatic heterocycles. The fourth-order valence-corrected chi connectivity index (χ4v) is 2.68. The molecule has 0 unspecified atom stereocenters. The first-order valence-corrected chi connectivity index (χ1v) is 7.39. The lowest BCUT2D eigenvalue weighted by molar-refractivity contribution is -0.138. The van der Waals surface area contributed by atoms with Gasteiger partial charge in [0, 0.05) is 22.7 Å². The maximum Gasteiger partial charge on any atom is 0.417 e. The Hall–Kier alpha value is -1.08. The Morgan fingerprint density at radius 2 is 2.10 bits per heavy atom. The zero-order valence-corrected chi connectivity index (χ0v) is 12.9. The molecule has 0 radical (unpaired) electrons. The third kappa shape index (κ3) is 3.97. The number of hydrogen-bond donors (Lipinski definition) is 1. The smallest absolute Gasteiger partial charge is 0.378 e. The van der Waals surface area contributed by atoms with E-state index in [4.69, 9.17) is 4.74 Å². The topological polar surface area (TPSA) is 38.3 Å². The summed E-state index contributed by atoms with van der Waals surface area (Å²) in [4.78, 5) is 12.0. The van der Waals surface area contributed by atoms with Gasteiger partial charge in [0.25, 0.3) is 5.91 Å². The van der Waals surface area contributed by atoms with Gasteiger partial charge in [0.15, 0.2) is 0 Å². The quantitative estimate of drug-likeness (QED) is 0.881. The molecule has 0 bridgehead atoms. The maximum absolute atomic E-state index is 12.8. The third-order valence-electron chi connectivity index (χ3n) is 3.37. The molecule has 21 heavy (non-hydrogen) atoms. The van der Waals surface area contributed by atoms with E-state index in [1.807, 2.05) is 6.92 Å². The Kier molecular flexibility index (Phi) is 4.93. The van der Waals surface area contributed by atoms with Crippen LogP contribution in [0, 0.1) is 0 Å². The zero-order chi connectivity index (χ0) is 15.6. The number of hydrogen-bond acceptors (Lipinski definition) is 2. The highest BCUT2D eigenvalue weighted by Gasteiger charge is 2.34. The van der Waals surface area contributed by atoms with Crippen molar-refractivity contribution in [1.29, 1.82) is 0 Å². The molecular formula is C14H15BrF3NO2. The molecular weight excluding hydrogens is 351 g/mol. The van der Waals surface area contributed by atoms with Crippen LogP contribution in [0.1, 0.15) is 35.7 Å². The molecule has 3 nitrogen and oxygen atoms in total. The first-order chi connectivity index (χ1) is 9.81. The van der Waals surface area contributed by atoms with E-state index in [0.717, 1.165) is 6.07 Å². The fraction of sp³-hybridized carbons (Fsp3) is 0.500. The number of nitrogens with one attached hydrogen (secondary N) is 1. The summed E-state index contributed by atoms with van der Waals surface area (Å²) in [5.41, 5.74) is -0.846. The van der Waals surface area contributed by atoms with E-state index in [-0.39, 0.29) is 22.2 Å². The molecule has 1 N–H and O–H groups in total. The molecule has 1 aromatic rings. The average molecular weight is 366 g/mol. The highest BCUT2D eigenvalue weighted by Crippen LogP contribution is 2.35. The number of halogens is 4. The Balaban J connectivity index is 2.01. The summed E-state index contributed by atoms with van der Waals surface area (Å²) in [6, 6.07) is 3.43. The van der Waals surface area contributed by atoms with Gasteiger partial charge in [-0.1, -0.05) is 15.9 Å². The summed E-state index contributed by atoms with van der Waals surface area (Å²) < 4.78 is 43.7. The Morgan fingerprint density at radius 1 is 1.43 bits per heavy atom. The van der Waals surface area contributed by atoms with Crippen LogP contribution >= 0.6 is 15.9 Å². The molecule has 0 heterocycles. The second-order valence-corrected chi connectivity index (χ2v) is 5.77. The molecule has 1 aliphatic rings. The van der Waals surface area contributed by atoms with Crippen LogP contribution in [0.2, 0.25) is 0 Å². The van der Waals surface area contributed by atoms with Crippen LogP contribution in [0.15, 0.2) is 22.7 Å². The number of carbonyl (C=O) groups excluding carboxylic acids is 1. The normalized spacial score (nSPS) is 21.8. The largest absolute Gasteiger partial charge is 0.417 e. The second-order valence-electron chi connectivity index (χ2n) is 4.91. The summed E-state index contributed by atoms with van der Waals surface area (Å²) in [5.74, 6) is -0.493. The first kappa shape index (κ1) is 16.3. The van der Waals surface area contributed by atoms with Crippen molar-refractivity contribution in [3.05, 3.63) is 33.8 Å². The van der Waals surface area contributed by atoms with E-state index >= 15 is 0 Å². The lowest BCUT2D eigenvalue weighted by atomic mass is 9.89. The van der Waals surface area contributed by atoms with E-state index in [9.17, 15) is 18.0 Å². The number of ether oxygens (including phenoxy) is 1. The van der Waals surface area contributed by atoms with Crippen LogP contribution in [-0.4, -0.2) is 24.7 Å². The molecule has 1 aliphatic carbocycles. The Morgan fingerprint density at radius 3 is 2.67 bits per heavy atom. The highest BCUT2D eigenvalue weighted by molar-refractivity contribution is 9.10. The monoisotopic (exact) mass is 365 g/mol. The average Bonchev–Trinajstić information content (AvgIpc) is 2.35. The number of benzene rings is 1. The molecule has 0 spiro atoms. The molecule has 7 heteroatoms. The summed E-state index contributed by atoms with van der Waals surface area (Å²) in [7, 11) is 0. The predicted molar refractivity (Wildman–Crippen MR) is 75.0 cm³/mol. The summed E-state index contributed by atoms with van der Waals surface area (Å²) in [6.45, 7) is 2.51. The minimum Gasteiger partial charge on any atom is -0.378 e. The van der Waals surface area contributed by atoms with Gasteiger partial charge in [-0.3, -0.25) is 4.79 Å². The summed E-state index contributed by atoms with van der Waals surface area (Å²) in [5, 5.41) is 2.72. The van der Waals surface area contributed by atoms with E-state index < -0.39 is 17.6 Å². The van der Waals surface area contributed by atoms with Crippen LogP contribution in [0.3, 0.4) is 0 Å². The van der Waals surface area contributed by atoms with E-state index in [2.05, 4.69) is 21.2 Å². The van der Waals surface area contributed by atoms with Crippen molar-refractivity contribution in [2.24, 2.45) is 0 Å². The van der Waals surface area contributed by atoms with Crippen LogP contribution < -0.4 is 5.32 Å². The van der Waals surface area contributed by atoms with E-state index in [0.29, 0.717) is 19.4 Å². The van der Waals surface area contributed by atoms with Crippen molar-refractivity contribution in [2.75, 3.05) is 6.61 Å². The van der Waals surface area contributed by atoms with Crippen LogP contribution in [0.5, 0.6) is 0 Å². The van der Waals surface area contributed by atoms with Gasteiger partial charge >= 0.3 is 6.18 Å². The number of amides is 1. The van der Waals surface area contributed by atoms with Gasteiger partial charge in [-0.2, -0.15) is 13.2 Å². The van der Waals surface area contributed by atoms with Crippen molar-refractivity contribution >= 4 is 21.8 Å². The van der Waals surface area contributed by atoms with Gasteiger partial charge in [-0.05, 0) is 38.0 Å². The summed E-state index contributed by atoms with van der Waals surface area (Å²) >= 11 is 2.85. The second kappa shape index (κ2) is 6.36. The van der Waals surface area contributed by atoms with Crippen molar-refractivity contribution < 1.29 is 22.7 Å². The molecule has 2 rings (SSSR count). The molecule has 1 saturated carbocycles. The molecule has 116 valence electrons. The minimum atomic E-state index is -4.49. The number of carbonyl (C=O) groups is 1. The number of alkyl halides is 3. The van der Waals surface area contributed by atoms with Gasteiger partial charge < -0.3 is 10.1 Å². The van der Waals surface area contributed by atoms with Crippen LogP contribution in [-0.2, 0) is 10.9 Å². The molecule has 1 amide bonds. The van der Waals surface area contributed by atoms with Gasteiger partial charge in [-0.15, -0.1) is 0 Å². The van der Waals surface area contributed by atoms with Gasteiger partial charge in [0.2, 0.25) is 0 Å². The minimum absolute atomic E-state index is 0.00499. The molecule has 0 aromatic heterocycles. The zero-order valence-electron chi connectivity index (χ0n) is 11.3. The molecule has 0 saturated heterocycles. The highest BCUT2D eigenvalue weighted by atomic mass is 79.9. The van der Waals surface area contributed by atoms with Crippen LogP contribution in [0.25, 0.3) is 0 Å². The van der Waals surface area contributed by atoms with Crippen molar-refractivity contribution in [3.63, 3.8) is 0 Å². The molecule has 1 fully saturated rings. The van der Waals surface area contributed by atoms with Gasteiger partial charge in [0.05, 0.1) is 11.7 Å². The van der Waals surface area contributed by atoms with Crippen molar-refractivity contribution in [1.82, 2.24) is 5.32 Å². The SMILES string of the molecule is CCOC1CC(NC(=O)c2ccc(Br)c(C(F)(F)F)c2)C1. The standard InChI is InChI=1S/C14H15BrF3NO2/c1-2-21-10-6-9(7-10)19-13(20)8-3-4-12(15)11(5-8)14(16,17)18/h3-5,9-10H,2,6-7H2,1H3,(H,19,20). The lowest BCUT2D eigenvalue weighted by Crippen LogP contribution is -2.47. The molecule has 0 atom stereocenters. The predicted octanol–water partition coefficient (Wildman–Crippen LogP) is 3.77. The number of rotatable bonds is 4. The third-order valence-corrected chi connectivity index (χ3v) is 4.06. The van der Waals surface area contributed by atoms with Crippen molar-refractivity contribution in [2.45, 2.75) is 38.1 Å². The molecule has 1 aromatic carbocycles. The van der Waals surface area contributed by atoms with Crippen LogP contribution in [0.4, 0.5) is 13.2 Å². The van der Waals surface area contributed by atoms with E-state index in [1.165, 1.54) is 12.1 Å². The Bertz CT molecular complexity index is 527. The Labute approximate surface area is 129 Å².